The minimum atomic E-state index is -0.160. The normalized spacial score (nSPS) is 34.1. The van der Waals surface area contributed by atoms with Crippen LogP contribution in [0.25, 0.3) is 0 Å². The maximum atomic E-state index is 11.4. The standard InChI is InChI=1S/C14H20O3/c1-5-9-7-14(2,3)13-12(9)10(8-17-13)6-11(15)16-4/h5,7,10,12-13H,1,6,8H2,2-4H3/t10-,12-,13+/m1/s1. The van der Waals surface area contributed by atoms with Gasteiger partial charge in [-0.15, -0.1) is 0 Å². The van der Waals surface area contributed by atoms with Gasteiger partial charge in [0.1, 0.15) is 0 Å². The van der Waals surface area contributed by atoms with E-state index in [0.29, 0.717) is 18.9 Å². The predicted molar refractivity (Wildman–Crippen MR) is 65.4 cm³/mol. The van der Waals surface area contributed by atoms with E-state index < -0.39 is 0 Å². The van der Waals surface area contributed by atoms with Gasteiger partial charge >= 0.3 is 5.97 Å². The van der Waals surface area contributed by atoms with Crippen LogP contribution in [-0.2, 0) is 14.3 Å². The Hall–Kier alpha value is -1.09. The number of allylic oxidation sites excluding steroid dienone is 1. The zero-order chi connectivity index (χ0) is 12.6. The van der Waals surface area contributed by atoms with Crippen LogP contribution in [0.3, 0.4) is 0 Å². The van der Waals surface area contributed by atoms with Gasteiger partial charge < -0.3 is 9.47 Å². The molecule has 0 amide bonds. The van der Waals surface area contributed by atoms with E-state index in [-0.39, 0.29) is 23.4 Å². The monoisotopic (exact) mass is 236 g/mol. The molecule has 94 valence electrons. The van der Waals surface area contributed by atoms with Crippen LogP contribution >= 0.6 is 0 Å². The van der Waals surface area contributed by atoms with Gasteiger partial charge in [-0.1, -0.05) is 32.6 Å². The molecule has 0 saturated carbocycles. The highest BCUT2D eigenvalue weighted by atomic mass is 16.5. The summed E-state index contributed by atoms with van der Waals surface area (Å²) in [5, 5.41) is 0. The number of carbonyl (C=O) groups excluding carboxylic acids is 1. The molecule has 3 nitrogen and oxygen atoms in total. The zero-order valence-corrected chi connectivity index (χ0v) is 10.7. The Kier molecular flexibility index (Phi) is 3.13. The molecule has 1 aliphatic heterocycles. The summed E-state index contributed by atoms with van der Waals surface area (Å²) >= 11 is 0. The summed E-state index contributed by atoms with van der Waals surface area (Å²) in [5.41, 5.74) is 1.24. The smallest absolute Gasteiger partial charge is 0.305 e. The summed E-state index contributed by atoms with van der Waals surface area (Å²) in [4.78, 5) is 11.4. The SMILES string of the molecule is C=CC1=CC(C)(C)[C@H]2OC[C@@H](CC(=O)OC)[C@@H]12. The molecule has 1 heterocycles. The third-order valence-corrected chi connectivity index (χ3v) is 3.87. The van der Waals surface area contributed by atoms with E-state index in [9.17, 15) is 4.79 Å². The van der Waals surface area contributed by atoms with Gasteiger partial charge in [-0.2, -0.15) is 0 Å². The Balaban J connectivity index is 2.18. The van der Waals surface area contributed by atoms with Crippen LogP contribution in [0.5, 0.6) is 0 Å². The van der Waals surface area contributed by atoms with Crippen LogP contribution in [0, 0.1) is 17.3 Å². The van der Waals surface area contributed by atoms with Gasteiger partial charge in [0.25, 0.3) is 0 Å². The minimum Gasteiger partial charge on any atom is -0.469 e. The van der Waals surface area contributed by atoms with E-state index in [0.717, 1.165) is 0 Å². The largest absolute Gasteiger partial charge is 0.469 e. The van der Waals surface area contributed by atoms with Crippen molar-refractivity contribution in [2.75, 3.05) is 13.7 Å². The molecule has 0 radical (unpaired) electrons. The van der Waals surface area contributed by atoms with Crippen molar-refractivity contribution in [3.05, 3.63) is 24.3 Å². The number of methoxy groups -OCH3 is 1. The lowest BCUT2D eigenvalue weighted by molar-refractivity contribution is -0.141. The Bertz CT molecular complexity index is 368. The van der Waals surface area contributed by atoms with E-state index in [4.69, 9.17) is 9.47 Å². The van der Waals surface area contributed by atoms with Gasteiger partial charge in [0.2, 0.25) is 0 Å². The summed E-state index contributed by atoms with van der Waals surface area (Å²) in [7, 11) is 1.43. The van der Waals surface area contributed by atoms with Crippen molar-refractivity contribution in [2.45, 2.75) is 26.4 Å². The highest BCUT2D eigenvalue weighted by Gasteiger charge is 2.50. The van der Waals surface area contributed by atoms with Crippen molar-refractivity contribution in [1.29, 1.82) is 0 Å². The quantitative estimate of drug-likeness (QED) is 0.705. The molecule has 17 heavy (non-hydrogen) atoms. The van der Waals surface area contributed by atoms with Gasteiger partial charge in [-0.3, -0.25) is 4.79 Å². The van der Waals surface area contributed by atoms with E-state index in [1.165, 1.54) is 12.7 Å². The van der Waals surface area contributed by atoms with Crippen LogP contribution < -0.4 is 0 Å². The molecule has 0 aromatic rings. The van der Waals surface area contributed by atoms with E-state index in [1.54, 1.807) is 0 Å². The second-order valence-corrected chi connectivity index (χ2v) is 5.49. The molecule has 0 spiro atoms. The lowest BCUT2D eigenvalue weighted by Crippen LogP contribution is -2.29. The summed E-state index contributed by atoms with van der Waals surface area (Å²) in [6.07, 6.45) is 4.72. The molecule has 1 saturated heterocycles. The first kappa shape index (κ1) is 12.4. The van der Waals surface area contributed by atoms with Gasteiger partial charge in [-0.25, -0.2) is 0 Å². The molecule has 0 bridgehead atoms. The summed E-state index contributed by atoms with van der Waals surface area (Å²) in [6.45, 7) is 8.84. The highest BCUT2D eigenvalue weighted by Crippen LogP contribution is 2.50. The Morgan fingerprint density at radius 1 is 1.71 bits per heavy atom. The number of ether oxygens (including phenoxy) is 2. The predicted octanol–water partition coefficient (Wildman–Crippen LogP) is 2.33. The van der Waals surface area contributed by atoms with Gasteiger partial charge in [0.05, 0.1) is 26.2 Å². The number of esters is 1. The molecule has 1 fully saturated rings. The fourth-order valence-corrected chi connectivity index (χ4v) is 3.09. The minimum absolute atomic E-state index is 0.0268. The second-order valence-electron chi connectivity index (χ2n) is 5.49. The van der Waals surface area contributed by atoms with Crippen LogP contribution in [0.4, 0.5) is 0 Å². The molecule has 0 aromatic heterocycles. The van der Waals surface area contributed by atoms with Crippen molar-refractivity contribution in [3.63, 3.8) is 0 Å². The lowest BCUT2D eigenvalue weighted by Gasteiger charge is -2.25. The molecule has 0 N–H and O–H groups in total. The third kappa shape index (κ3) is 2.04. The Morgan fingerprint density at radius 3 is 3.00 bits per heavy atom. The maximum absolute atomic E-state index is 11.4. The van der Waals surface area contributed by atoms with Crippen molar-refractivity contribution in [2.24, 2.45) is 17.3 Å². The molecule has 0 aromatic carbocycles. The van der Waals surface area contributed by atoms with Crippen molar-refractivity contribution in [1.82, 2.24) is 0 Å². The first-order valence-corrected chi connectivity index (χ1v) is 6.03. The number of hydrogen-bond donors (Lipinski definition) is 0. The van der Waals surface area contributed by atoms with Crippen molar-refractivity contribution >= 4 is 5.97 Å². The van der Waals surface area contributed by atoms with Crippen LogP contribution in [-0.4, -0.2) is 25.8 Å². The van der Waals surface area contributed by atoms with Crippen LogP contribution in [0.2, 0.25) is 0 Å². The molecule has 3 heteroatoms. The molecule has 2 aliphatic rings. The van der Waals surface area contributed by atoms with Gasteiger partial charge in [-0.05, 0) is 5.57 Å². The first-order valence-electron chi connectivity index (χ1n) is 6.03. The average Bonchev–Trinajstić information content (AvgIpc) is 2.80. The molecular weight excluding hydrogens is 216 g/mol. The molecule has 0 unspecified atom stereocenters. The molecule has 2 rings (SSSR count). The molecule has 1 aliphatic carbocycles. The van der Waals surface area contributed by atoms with E-state index >= 15 is 0 Å². The average molecular weight is 236 g/mol. The highest BCUT2D eigenvalue weighted by molar-refractivity contribution is 5.69. The van der Waals surface area contributed by atoms with E-state index in [2.05, 4.69) is 26.5 Å². The third-order valence-electron chi connectivity index (χ3n) is 3.87. The summed E-state index contributed by atoms with van der Waals surface area (Å²) < 4.78 is 10.6. The second kappa shape index (κ2) is 4.30. The van der Waals surface area contributed by atoms with Gasteiger partial charge in [0.15, 0.2) is 0 Å². The lowest BCUT2D eigenvalue weighted by atomic mass is 9.81. The Morgan fingerprint density at radius 2 is 2.41 bits per heavy atom. The van der Waals surface area contributed by atoms with Crippen LogP contribution in [0.15, 0.2) is 24.3 Å². The van der Waals surface area contributed by atoms with Crippen LogP contribution in [0.1, 0.15) is 20.3 Å². The Labute approximate surface area is 102 Å². The topological polar surface area (TPSA) is 35.5 Å². The summed E-state index contributed by atoms with van der Waals surface area (Å²) in [5.74, 6) is 0.354. The number of hydrogen-bond acceptors (Lipinski definition) is 3. The number of rotatable bonds is 3. The first-order chi connectivity index (χ1) is 7.99. The maximum Gasteiger partial charge on any atom is 0.305 e. The molecular formula is C14H20O3. The van der Waals surface area contributed by atoms with E-state index in [1.807, 2.05) is 6.08 Å². The number of fused-ring (bicyclic) bond motifs is 1. The summed E-state index contributed by atoms with van der Waals surface area (Å²) in [6, 6.07) is 0. The molecule has 3 atom stereocenters. The van der Waals surface area contributed by atoms with Crippen molar-refractivity contribution in [3.8, 4) is 0 Å². The fourth-order valence-electron chi connectivity index (χ4n) is 3.09. The fraction of sp³-hybridized carbons (Fsp3) is 0.643. The number of carbonyl (C=O) groups is 1. The van der Waals surface area contributed by atoms with Crippen molar-refractivity contribution < 1.29 is 14.3 Å². The van der Waals surface area contributed by atoms with Gasteiger partial charge in [0, 0.05) is 17.3 Å². The zero-order valence-electron chi connectivity index (χ0n) is 10.7.